The molecule has 0 bridgehead atoms. The van der Waals surface area contributed by atoms with Crippen molar-refractivity contribution in [2.24, 2.45) is 26.2 Å². The summed E-state index contributed by atoms with van der Waals surface area (Å²) in [6, 6.07) is 5.43. The molecule has 0 atom stereocenters. The van der Waals surface area contributed by atoms with Gasteiger partial charge in [-0.15, -0.1) is 10.2 Å². The third-order valence-electron chi connectivity index (χ3n) is 1.96. The summed E-state index contributed by atoms with van der Waals surface area (Å²) in [5.74, 6) is 10.8. The van der Waals surface area contributed by atoms with Gasteiger partial charge in [0.2, 0.25) is 0 Å². The molecule has 0 aliphatic rings. The van der Waals surface area contributed by atoms with Gasteiger partial charge in [-0.3, -0.25) is 9.98 Å². The zero-order chi connectivity index (χ0) is 14.6. The van der Waals surface area contributed by atoms with Crippen molar-refractivity contribution in [3.8, 4) is 11.8 Å². The predicted octanol–water partition coefficient (Wildman–Crippen LogP) is 2.04. The number of aromatic nitrogens is 1. The number of allylic oxidation sites excluding steroid dienone is 1. The van der Waals surface area contributed by atoms with E-state index in [1.165, 1.54) is 12.3 Å². The van der Waals surface area contributed by atoms with E-state index < -0.39 is 0 Å². The van der Waals surface area contributed by atoms with Gasteiger partial charge in [0.25, 0.3) is 0 Å². The molecule has 6 heteroatoms. The topological polar surface area (TPSA) is 88.3 Å². The minimum absolute atomic E-state index is 0.227. The summed E-state index contributed by atoms with van der Waals surface area (Å²) in [5, 5.41) is 11.2. The third kappa shape index (κ3) is 5.51. The molecule has 0 aliphatic carbocycles. The van der Waals surface area contributed by atoms with Crippen molar-refractivity contribution in [1.29, 1.82) is 0 Å². The van der Waals surface area contributed by atoms with Crippen LogP contribution in [0.4, 0.5) is 0 Å². The molecular formula is C14H14N6. The van der Waals surface area contributed by atoms with E-state index in [-0.39, 0.29) is 5.84 Å². The van der Waals surface area contributed by atoms with E-state index in [2.05, 4.69) is 43.7 Å². The first-order chi connectivity index (χ1) is 9.77. The highest BCUT2D eigenvalue weighted by Gasteiger charge is 1.97. The Morgan fingerprint density at radius 2 is 2.20 bits per heavy atom. The summed E-state index contributed by atoms with van der Waals surface area (Å²) in [7, 11) is 1.64. The van der Waals surface area contributed by atoms with Crippen LogP contribution < -0.4 is 5.84 Å². The lowest BCUT2D eigenvalue weighted by Crippen LogP contribution is -1.93. The third-order valence-corrected chi connectivity index (χ3v) is 1.96. The van der Waals surface area contributed by atoms with Gasteiger partial charge in [-0.05, 0) is 24.3 Å². The van der Waals surface area contributed by atoms with Gasteiger partial charge in [0.05, 0.1) is 11.9 Å². The molecule has 0 radical (unpaired) electrons. The Kier molecular flexibility index (Phi) is 6.70. The van der Waals surface area contributed by atoms with E-state index >= 15 is 0 Å². The fraction of sp³-hybridized carbons (Fsp3) is 0.0714. The fourth-order valence-corrected chi connectivity index (χ4v) is 1.06. The van der Waals surface area contributed by atoms with Crippen LogP contribution in [0.25, 0.3) is 5.70 Å². The van der Waals surface area contributed by atoms with Gasteiger partial charge in [-0.25, -0.2) is 0 Å². The lowest BCUT2D eigenvalue weighted by Gasteiger charge is -1.96. The summed E-state index contributed by atoms with van der Waals surface area (Å²) in [6.45, 7) is 3.76. The van der Waals surface area contributed by atoms with Crippen molar-refractivity contribution in [3.63, 3.8) is 0 Å². The SMILES string of the molecule is C=C(\N=N/C(/C=C/C#C/C=N\C)=N\N)c1ccccn1. The summed E-state index contributed by atoms with van der Waals surface area (Å²) < 4.78 is 0. The Hall–Kier alpha value is -3.07. The Bertz CT molecular complexity index is 614. The average molecular weight is 266 g/mol. The lowest BCUT2D eigenvalue weighted by atomic mass is 10.3. The smallest absolute Gasteiger partial charge is 0.193 e. The number of amidine groups is 1. The average Bonchev–Trinajstić information content (AvgIpc) is 2.50. The molecule has 1 heterocycles. The quantitative estimate of drug-likeness (QED) is 0.226. The molecule has 6 nitrogen and oxygen atoms in total. The van der Waals surface area contributed by atoms with Gasteiger partial charge >= 0.3 is 0 Å². The first-order valence-electron chi connectivity index (χ1n) is 5.66. The molecule has 1 aromatic rings. The van der Waals surface area contributed by atoms with Crippen LogP contribution in [0.1, 0.15) is 5.69 Å². The van der Waals surface area contributed by atoms with Crippen LogP contribution >= 0.6 is 0 Å². The molecule has 0 aliphatic heterocycles. The highest BCUT2D eigenvalue weighted by molar-refractivity contribution is 5.94. The Labute approximate surface area is 117 Å². The van der Waals surface area contributed by atoms with Gasteiger partial charge in [-0.1, -0.05) is 24.5 Å². The Balaban J connectivity index is 2.68. The van der Waals surface area contributed by atoms with E-state index in [1.807, 2.05) is 12.1 Å². The number of hydrogen-bond donors (Lipinski definition) is 1. The molecule has 0 aromatic carbocycles. The van der Waals surface area contributed by atoms with Gasteiger partial charge in [0.1, 0.15) is 5.70 Å². The van der Waals surface area contributed by atoms with Gasteiger partial charge in [0.15, 0.2) is 5.84 Å². The zero-order valence-electron chi connectivity index (χ0n) is 11.1. The number of nitrogens with zero attached hydrogens (tertiary/aromatic N) is 5. The molecule has 100 valence electrons. The summed E-state index contributed by atoms with van der Waals surface area (Å²) >= 11 is 0. The number of aliphatic imine (C=N–C) groups is 1. The zero-order valence-corrected chi connectivity index (χ0v) is 11.1. The first-order valence-corrected chi connectivity index (χ1v) is 5.66. The minimum atomic E-state index is 0.227. The number of rotatable bonds is 3. The number of hydrogen-bond acceptors (Lipinski definition) is 5. The highest BCUT2D eigenvalue weighted by Crippen LogP contribution is 2.10. The van der Waals surface area contributed by atoms with Crippen molar-refractivity contribution in [2.45, 2.75) is 0 Å². The van der Waals surface area contributed by atoms with Gasteiger partial charge < -0.3 is 5.84 Å². The molecule has 0 amide bonds. The molecule has 0 saturated carbocycles. The minimum Gasteiger partial charge on any atom is -0.321 e. The van der Waals surface area contributed by atoms with Crippen LogP contribution in [0.5, 0.6) is 0 Å². The van der Waals surface area contributed by atoms with Crippen molar-refractivity contribution in [2.75, 3.05) is 7.05 Å². The van der Waals surface area contributed by atoms with Crippen molar-refractivity contribution in [3.05, 3.63) is 48.8 Å². The van der Waals surface area contributed by atoms with Crippen molar-refractivity contribution >= 4 is 17.7 Å². The van der Waals surface area contributed by atoms with E-state index in [0.717, 1.165) is 0 Å². The van der Waals surface area contributed by atoms with E-state index in [9.17, 15) is 0 Å². The first kappa shape index (κ1) is 15.0. The van der Waals surface area contributed by atoms with Crippen LogP contribution in [0, 0.1) is 11.8 Å². The monoisotopic (exact) mass is 266 g/mol. The van der Waals surface area contributed by atoms with Crippen molar-refractivity contribution < 1.29 is 0 Å². The molecule has 0 fully saturated rings. The Morgan fingerprint density at radius 1 is 1.35 bits per heavy atom. The van der Waals surface area contributed by atoms with Crippen LogP contribution in [0.2, 0.25) is 0 Å². The number of azo groups is 1. The second-order valence-electron chi connectivity index (χ2n) is 3.36. The summed E-state index contributed by atoms with van der Waals surface area (Å²) in [5.41, 5.74) is 1.06. The maximum absolute atomic E-state index is 5.20. The standard InChI is InChI=1S/C14H14N6/c1-12(13-8-5-7-11-17-13)19-20-14(18-15)9-4-3-6-10-16-2/h4-5,7-11H,1,15H2,2H3/b9-4+,16-10-,18-14-,20-19-. The van der Waals surface area contributed by atoms with E-state index in [0.29, 0.717) is 11.4 Å². The second-order valence-corrected chi connectivity index (χ2v) is 3.36. The van der Waals surface area contributed by atoms with Gasteiger partial charge in [-0.2, -0.15) is 5.10 Å². The second kappa shape index (κ2) is 8.94. The van der Waals surface area contributed by atoms with Gasteiger partial charge in [0, 0.05) is 13.2 Å². The fourth-order valence-electron chi connectivity index (χ4n) is 1.06. The molecule has 20 heavy (non-hydrogen) atoms. The van der Waals surface area contributed by atoms with E-state index in [4.69, 9.17) is 5.84 Å². The van der Waals surface area contributed by atoms with Crippen molar-refractivity contribution in [1.82, 2.24) is 4.98 Å². The van der Waals surface area contributed by atoms with Crippen LogP contribution in [-0.4, -0.2) is 24.1 Å². The molecule has 2 N–H and O–H groups in total. The largest absolute Gasteiger partial charge is 0.321 e. The summed E-state index contributed by atoms with van der Waals surface area (Å²) in [4.78, 5) is 7.82. The molecular weight excluding hydrogens is 252 g/mol. The maximum Gasteiger partial charge on any atom is 0.193 e. The van der Waals surface area contributed by atoms with Crippen LogP contribution in [-0.2, 0) is 0 Å². The van der Waals surface area contributed by atoms with Crippen LogP contribution in [0.3, 0.4) is 0 Å². The Morgan fingerprint density at radius 3 is 2.85 bits per heavy atom. The number of pyridine rings is 1. The highest BCUT2D eigenvalue weighted by atomic mass is 15.2. The normalized spacial score (nSPS) is 11.9. The van der Waals surface area contributed by atoms with Crippen LogP contribution in [0.15, 0.2) is 63.4 Å². The van der Waals surface area contributed by atoms with E-state index in [1.54, 1.807) is 25.4 Å². The number of nitrogens with two attached hydrogens (primary N) is 1. The summed E-state index contributed by atoms with van der Waals surface area (Å²) in [6.07, 6.45) is 6.22. The maximum atomic E-state index is 5.20. The molecule has 1 aromatic heterocycles. The molecule has 0 unspecified atom stereocenters. The molecule has 0 spiro atoms. The number of hydrazone groups is 1. The predicted molar refractivity (Wildman–Crippen MR) is 81.1 cm³/mol. The molecule has 1 rings (SSSR count). The lowest BCUT2D eigenvalue weighted by molar-refractivity contribution is 1.17. The molecule has 0 saturated heterocycles.